The third kappa shape index (κ3) is 1.84. The highest BCUT2D eigenvalue weighted by Gasteiger charge is 2.22. The van der Waals surface area contributed by atoms with E-state index in [2.05, 4.69) is 20.8 Å². The molecule has 0 aromatic carbocycles. The Kier molecular flexibility index (Phi) is 2.51. The molecule has 1 aliphatic carbocycles. The van der Waals surface area contributed by atoms with Gasteiger partial charge in [-0.15, -0.1) is 0 Å². The van der Waals surface area contributed by atoms with Crippen molar-refractivity contribution in [3.05, 3.63) is 36.2 Å². The van der Waals surface area contributed by atoms with Gasteiger partial charge in [0.15, 0.2) is 0 Å². The second-order valence-electron chi connectivity index (χ2n) is 3.76. The van der Waals surface area contributed by atoms with Gasteiger partial charge in [0.2, 0.25) is 0 Å². The fourth-order valence-corrected chi connectivity index (χ4v) is 1.10. The summed E-state index contributed by atoms with van der Waals surface area (Å²) >= 11 is 0. The van der Waals surface area contributed by atoms with Gasteiger partial charge < -0.3 is 0 Å². The van der Waals surface area contributed by atoms with Gasteiger partial charge in [0.05, 0.1) is 0 Å². The van der Waals surface area contributed by atoms with Gasteiger partial charge in [0.25, 0.3) is 0 Å². The maximum Gasteiger partial charge on any atom is 0.122 e. The van der Waals surface area contributed by atoms with Crippen LogP contribution in [0.2, 0.25) is 0 Å². The van der Waals surface area contributed by atoms with Crippen molar-refractivity contribution in [2.45, 2.75) is 20.8 Å². The van der Waals surface area contributed by atoms with Crippen LogP contribution in [0, 0.1) is 11.3 Å². The highest BCUT2D eigenvalue weighted by molar-refractivity contribution is 5.27. The van der Waals surface area contributed by atoms with Crippen LogP contribution in [0.5, 0.6) is 0 Å². The average Bonchev–Trinajstić information content (AvgIpc) is 2.15. The predicted molar refractivity (Wildman–Crippen MR) is 50.4 cm³/mol. The van der Waals surface area contributed by atoms with E-state index in [4.69, 9.17) is 0 Å². The molecule has 1 aliphatic rings. The summed E-state index contributed by atoms with van der Waals surface area (Å²) in [4.78, 5) is 0. The predicted octanol–water partition coefficient (Wildman–Crippen LogP) is 3.63. The number of allylic oxidation sites excluding steroid dienone is 6. The van der Waals surface area contributed by atoms with Crippen LogP contribution in [0.1, 0.15) is 20.8 Å². The lowest BCUT2D eigenvalue weighted by Gasteiger charge is -2.26. The van der Waals surface area contributed by atoms with Gasteiger partial charge in [-0.05, 0) is 18.1 Å². The first-order chi connectivity index (χ1) is 5.54. The van der Waals surface area contributed by atoms with E-state index in [9.17, 15) is 4.39 Å². The minimum atomic E-state index is -0.171. The Morgan fingerprint density at radius 1 is 1.33 bits per heavy atom. The Labute approximate surface area is 73.5 Å². The Balaban J connectivity index is 2.92. The summed E-state index contributed by atoms with van der Waals surface area (Å²) in [5.41, 5.74) is -0.00958. The first-order valence-corrected chi connectivity index (χ1v) is 4.29. The SMILES string of the molecule is CC(C)C1(C)C=CC=C(F)C=C1. The Bertz CT molecular complexity index is 246. The maximum atomic E-state index is 12.8. The van der Waals surface area contributed by atoms with Crippen LogP contribution in [-0.2, 0) is 0 Å². The second kappa shape index (κ2) is 3.26. The molecule has 0 saturated heterocycles. The van der Waals surface area contributed by atoms with Crippen LogP contribution in [0.25, 0.3) is 0 Å². The van der Waals surface area contributed by atoms with Crippen molar-refractivity contribution in [2.75, 3.05) is 0 Å². The smallest absolute Gasteiger partial charge is 0.122 e. The fourth-order valence-electron chi connectivity index (χ4n) is 1.10. The minimum absolute atomic E-state index is 0.00958. The molecule has 0 nitrogen and oxygen atoms in total. The zero-order valence-corrected chi connectivity index (χ0v) is 7.84. The first-order valence-electron chi connectivity index (χ1n) is 4.29. The van der Waals surface area contributed by atoms with Crippen molar-refractivity contribution in [1.82, 2.24) is 0 Å². The van der Waals surface area contributed by atoms with E-state index in [1.54, 1.807) is 12.2 Å². The van der Waals surface area contributed by atoms with Crippen molar-refractivity contribution in [3.8, 4) is 0 Å². The highest BCUT2D eigenvalue weighted by Crippen LogP contribution is 2.32. The molecule has 0 N–H and O–H groups in total. The van der Waals surface area contributed by atoms with E-state index < -0.39 is 0 Å². The fraction of sp³-hybridized carbons (Fsp3) is 0.455. The number of hydrogen-bond acceptors (Lipinski definition) is 0. The molecule has 0 heterocycles. The van der Waals surface area contributed by atoms with Crippen LogP contribution < -0.4 is 0 Å². The molecule has 0 fully saturated rings. The van der Waals surface area contributed by atoms with E-state index in [1.807, 2.05) is 12.2 Å². The quantitative estimate of drug-likeness (QED) is 0.558. The first kappa shape index (κ1) is 9.24. The van der Waals surface area contributed by atoms with E-state index in [-0.39, 0.29) is 11.2 Å². The molecule has 1 heteroatoms. The summed E-state index contributed by atoms with van der Waals surface area (Å²) in [6.07, 6.45) is 8.78. The van der Waals surface area contributed by atoms with Crippen molar-refractivity contribution < 1.29 is 4.39 Å². The number of hydrogen-bond donors (Lipinski definition) is 0. The largest absolute Gasteiger partial charge is 0.207 e. The van der Waals surface area contributed by atoms with Crippen LogP contribution in [-0.4, -0.2) is 0 Å². The zero-order valence-electron chi connectivity index (χ0n) is 7.84. The van der Waals surface area contributed by atoms with Crippen molar-refractivity contribution in [2.24, 2.45) is 11.3 Å². The van der Waals surface area contributed by atoms with Crippen LogP contribution in [0.4, 0.5) is 4.39 Å². The summed E-state index contributed by atoms with van der Waals surface area (Å²) < 4.78 is 12.8. The summed E-state index contributed by atoms with van der Waals surface area (Å²) in [7, 11) is 0. The summed E-state index contributed by atoms with van der Waals surface area (Å²) in [6, 6.07) is 0. The molecule has 1 unspecified atom stereocenters. The van der Waals surface area contributed by atoms with Crippen molar-refractivity contribution in [1.29, 1.82) is 0 Å². The molecule has 0 bridgehead atoms. The Morgan fingerprint density at radius 2 is 2.00 bits per heavy atom. The molecule has 1 atom stereocenters. The molecule has 0 spiro atoms. The van der Waals surface area contributed by atoms with Crippen LogP contribution >= 0.6 is 0 Å². The highest BCUT2D eigenvalue weighted by atomic mass is 19.1. The number of halogens is 1. The lowest BCUT2D eigenvalue weighted by Crippen LogP contribution is -2.17. The molecule has 0 aromatic rings. The summed E-state index contributed by atoms with van der Waals surface area (Å²) in [6.45, 7) is 6.38. The lowest BCUT2D eigenvalue weighted by atomic mass is 9.79. The Morgan fingerprint density at radius 3 is 2.58 bits per heavy atom. The molecule has 0 radical (unpaired) electrons. The molecule has 0 aromatic heterocycles. The van der Waals surface area contributed by atoms with E-state index >= 15 is 0 Å². The molecule has 1 rings (SSSR count). The average molecular weight is 166 g/mol. The summed E-state index contributed by atoms with van der Waals surface area (Å²) in [5, 5.41) is 0. The van der Waals surface area contributed by atoms with Crippen molar-refractivity contribution >= 4 is 0 Å². The van der Waals surface area contributed by atoms with Crippen LogP contribution in [0.3, 0.4) is 0 Å². The molecule has 66 valence electrons. The van der Waals surface area contributed by atoms with Gasteiger partial charge in [-0.25, -0.2) is 4.39 Å². The van der Waals surface area contributed by atoms with Gasteiger partial charge in [0, 0.05) is 5.41 Å². The Hall–Kier alpha value is -0.850. The van der Waals surface area contributed by atoms with E-state index in [0.29, 0.717) is 5.92 Å². The van der Waals surface area contributed by atoms with Gasteiger partial charge in [0.1, 0.15) is 5.83 Å². The molecule has 0 aliphatic heterocycles. The maximum absolute atomic E-state index is 12.8. The van der Waals surface area contributed by atoms with Gasteiger partial charge in [-0.1, -0.05) is 39.0 Å². The lowest BCUT2D eigenvalue weighted by molar-refractivity contribution is 0.383. The van der Waals surface area contributed by atoms with Crippen LogP contribution in [0.15, 0.2) is 36.2 Å². The molecular weight excluding hydrogens is 151 g/mol. The van der Waals surface area contributed by atoms with Gasteiger partial charge in [-0.3, -0.25) is 0 Å². The second-order valence-corrected chi connectivity index (χ2v) is 3.76. The number of rotatable bonds is 1. The normalized spacial score (nSPS) is 28.9. The summed E-state index contributed by atoms with van der Waals surface area (Å²) in [5.74, 6) is 0.319. The minimum Gasteiger partial charge on any atom is -0.207 e. The molecule has 12 heavy (non-hydrogen) atoms. The molecular formula is C11H15F. The zero-order chi connectivity index (χ0) is 9.19. The standard InChI is InChI=1S/C11H15F/c1-9(2)11(3)7-4-5-10(12)6-8-11/h4-9H,1-3H3. The monoisotopic (exact) mass is 166 g/mol. The van der Waals surface area contributed by atoms with E-state index in [0.717, 1.165) is 0 Å². The topological polar surface area (TPSA) is 0 Å². The van der Waals surface area contributed by atoms with Crippen molar-refractivity contribution in [3.63, 3.8) is 0 Å². The van der Waals surface area contributed by atoms with Gasteiger partial charge >= 0.3 is 0 Å². The molecule has 0 amide bonds. The van der Waals surface area contributed by atoms with Gasteiger partial charge in [-0.2, -0.15) is 0 Å². The molecule has 0 saturated carbocycles. The third-order valence-corrected chi connectivity index (χ3v) is 2.56. The van der Waals surface area contributed by atoms with E-state index in [1.165, 1.54) is 6.08 Å². The third-order valence-electron chi connectivity index (χ3n) is 2.56.